The second kappa shape index (κ2) is 7.40. The fraction of sp³-hybridized carbons (Fsp3) is 0.300. The van der Waals surface area contributed by atoms with Crippen LogP contribution in [0.5, 0.6) is 0 Å². The molecule has 0 saturated carbocycles. The summed E-state index contributed by atoms with van der Waals surface area (Å²) < 4.78 is 0. The Morgan fingerprint density at radius 3 is 2.79 bits per heavy atom. The number of piperidine rings is 1. The van der Waals surface area contributed by atoms with Crippen molar-refractivity contribution in [3.63, 3.8) is 0 Å². The van der Waals surface area contributed by atoms with E-state index in [1.807, 2.05) is 23.7 Å². The molecule has 3 N–H and O–H groups in total. The van der Waals surface area contributed by atoms with Gasteiger partial charge in [0, 0.05) is 40.7 Å². The predicted molar refractivity (Wildman–Crippen MR) is 117 cm³/mol. The normalized spacial score (nSPS) is 16.4. The van der Waals surface area contributed by atoms with Crippen LogP contribution in [0, 0.1) is 0 Å². The number of hydrogen-bond donors (Lipinski definition) is 2. The summed E-state index contributed by atoms with van der Waals surface area (Å²) in [4.78, 5) is 25.0. The Kier molecular flexibility index (Phi) is 4.73. The van der Waals surface area contributed by atoms with Gasteiger partial charge in [-0.1, -0.05) is 30.0 Å². The molecule has 1 fully saturated rings. The van der Waals surface area contributed by atoms with Gasteiger partial charge >= 0.3 is 0 Å². The van der Waals surface area contributed by atoms with Crippen molar-refractivity contribution >= 4 is 40.3 Å². The summed E-state index contributed by atoms with van der Waals surface area (Å²) in [5.74, 6) is 0.820. The van der Waals surface area contributed by atoms with Crippen molar-refractivity contribution in [2.24, 2.45) is 5.73 Å². The molecule has 0 spiro atoms. The molecule has 0 bridgehead atoms. The Hall–Kier alpha value is -2.49. The minimum Gasteiger partial charge on any atom is -0.342 e. The molecule has 1 aliphatic rings. The van der Waals surface area contributed by atoms with Crippen molar-refractivity contribution < 1.29 is 0 Å². The minimum atomic E-state index is -0.0896. The number of fused-ring (bicyclic) bond motifs is 1. The minimum absolute atomic E-state index is 0.0896. The topological polar surface area (TPSA) is 96.6 Å². The molecule has 4 heterocycles. The van der Waals surface area contributed by atoms with Crippen LogP contribution in [0.2, 0.25) is 0 Å². The van der Waals surface area contributed by atoms with Crippen LogP contribution in [0.3, 0.4) is 0 Å². The molecule has 0 aliphatic carbocycles. The van der Waals surface area contributed by atoms with Crippen molar-refractivity contribution in [1.82, 2.24) is 24.9 Å². The second-order valence-corrected chi connectivity index (χ2v) is 9.47. The Bertz CT molecular complexity index is 1130. The monoisotopic (exact) mass is 423 g/mol. The number of hydrogen-bond acceptors (Lipinski definition) is 8. The first-order chi connectivity index (χ1) is 14.1. The van der Waals surface area contributed by atoms with Crippen LogP contribution in [0.4, 0.5) is 5.95 Å². The standard InChI is InChI=1S/C20H21N7S2/c1-20(21)6-9-27(10-7-20)19-25-16-17(26-19)24-15(12-23-16)29-14-5-3-2-4-13(14)18-22-8-11-28-18/h2-5,8,11-12H,6-7,9-10,21H2,1H3,(H,23,24,25,26). The molecule has 0 unspecified atom stereocenters. The quantitative estimate of drug-likeness (QED) is 0.513. The number of aromatic nitrogens is 5. The zero-order chi connectivity index (χ0) is 19.8. The Labute approximate surface area is 176 Å². The molecule has 9 heteroatoms. The number of aromatic amines is 1. The fourth-order valence-corrected chi connectivity index (χ4v) is 5.02. The molecule has 4 aromatic rings. The lowest BCUT2D eigenvalue weighted by Crippen LogP contribution is -2.48. The molecule has 5 rings (SSSR count). The summed E-state index contributed by atoms with van der Waals surface area (Å²) in [5, 5.41) is 3.80. The van der Waals surface area contributed by atoms with Gasteiger partial charge in [0.2, 0.25) is 5.95 Å². The number of nitrogens with one attached hydrogen (secondary N) is 1. The van der Waals surface area contributed by atoms with Gasteiger partial charge in [-0.15, -0.1) is 11.3 Å². The number of rotatable bonds is 4. The fourth-order valence-electron chi connectivity index (χ4n) is 3.39. The first kappa shape index (κ1) is 18.5. The van der Waals surface area contributed by atoms with E-state index < -0.39 is 0 Å². The van der Waals surface area contributed by atoms with Crippen molar-refractivity contribution in [1.29, 1.82) is 0 Å². The number of thiazole rings is 1. The largest absolute Gasteiger partial charge is 0.342 e. The van der Waals surface area contributed by atoms with Crippen LogP contribution in [0.25, 0.3) is 21.9 Å². The van der Waals surface area contributed by atoms with Gasteiger partial charge in [0.15, 0.2) is 11.3 Å². The van der Waals surface area contributed by atoms with E-state index in [9.17, 15) is 0 Å². The van der Waals surface area contributed by atoms with Crippen LogP contribution in [-0.2, 0) is 0 Å². The van der Waals surface area contributed by atoms with Crippen molar-refractivity contribution in [2.75, 3.05) is 18.0 Å². The molecule has 0 radical (unpaired) electrons. The number of anilines is 1. The number of nitrogens with zero attached hydrogens (tertiary/aromatic N) is 5. The number of imidazole rings is 1. The van der Waals surface area contributed by atoms with Gasteiger partial charge in [-0.2, -0.15) is 4.98 Å². The van der Waals surface area contributed by atoms with Crippen LogP contribution < -0.4 is 10.6 Å². The van der Waals surface area contributed by atoms with E-state index >= 15 is 0 Å². The van der Waals surface area contributed by atoms with Crippen LogP contribution in [-0.4, -0.2) is 43.5 Å². The zero-order valence-electron chi connectivity index (χ0n) is 16.0. The first-order valence-corrected chi connectivity index (χ1v) is 11.2. The smallest absolute Gasteiger partial charge is 0.206 e. The highest BCUT2D eigenvalue weighted by Crippen LogP contribution is 2.36. The molecule has 0 amide bonds. The Morgan fingerprint density at radius 1 is 1.17 bits per heavy atom. The molecule has 1 aliphatic heterocycles. The van der Waals surface area contributed by atoms with E-state index in [0.717, 1.165) is 52.4 Å². The second-order valence-electron chi connectivity index (χ2n) is 7.52. The maximum Gasteiger partial charge on any atom is 0.206 e. The average Bonchev–Trinajstić information content (AvgIpc) is 3.38. The molecule has 148 valence electrons. The lowest BCUT2D eigenvalue weighted by atomic mass is 9.91. The van der Waals surface area contributed by atoms with E-state index in [0.29, 0.717) is 11.3 Å². The molecule has 7 nitrogen and oxygen atoms in total. The van der Waals surface area contributed by atoms with Gasteiger partial charge in [-0.25, -0.2) is 15.0 Å². The molecule has 29 heavy (non-hydrogen) atoms. The highest BCUT2D eigenvalue weighted by atomic mass is 32.2. The lowest BCUT2D eigenvalue weighted by Gasteiger charge is -2.36. The van der Waals surface area contributed by atoms with Gasteiger partial charge < -0.3 is 15.6 Å². The van der Waals surface area contributed by atoms with Crippen LogP contribution in [0.1, 0.15) is 19.8 Å². The zero-order valence-corrected chi connectivity index (χ0v) is 17.6. The van der Waals surface area contributed by atoms with Gasteiger partial charge in [-0.05, 0) is 25.8 Å². The summed E-state index contributed by atoms with van der Waals surface area (Å²) in [5.41, 5.74) is 8.61. The van der Waals surface area contributed by atoms with Crippen LogP contribution >= 0.6 is 23.1 Å². The summed E-state index contributed by atoms with van der Waals surface area (Å²) in [6.07, 6.45) is 5.51. The third-order valence-electron chi connectivity index (χ3n) is 5.14. The van der Waals surface area contributed by atoms with E-state index in [1.165, 1.54) is 0 Å². The molecular weight excluding hydrogens is 402 g/mol. The molecule has 3 aromatic heterocycles. The Morgan fingerprint density at radius 2 is 2.00 bits per heavy atom. The Balaban J connectivity index is 1.40. The lowest BCUT2D eigenvalue weighted by molar-refractivity contribution is 0.362. The highest BCUT2D eigenvalue weighted by molar-refractivity contribution is 7.99. The van der Waals surface area contributed by atoms with Gasteiger partial charge in [-0.3, -0.25) is 0 Å². The van der Waals surface area contributed by atoms with E-state index in [-0.39, 0.29) is 5.54 Å². The van der Waals surface area contributed by atoms with E-state index in [4.69, 9.17) is 15.7 Å². The number of benzene rings is 1. The van der Waals surface area contributed by atoms with Crippen molar-refractivity contribution in [2.45, 2.75) is 35.2 Å². The van der Waals surface area contributed by atoms with Crippen molar-refractivity contribution in [3.05, 3.63) is 42.0 Å². The third-order valence-corrected chi connectivity index (χ3v) is 6.93. The van der Waals surface area contributed by atoms with Gasteiger partial charge in [0.1, 0.15) is 10.0 Å². The van der Waals surface area contributed by atoms with Crippen molar-refractivity contribution in [3.8, 4) is 10.6 Å². The summed E-state index contributed by atoms with van der Waals surface area (Å²) >= 11 is 3.21. The molecular formula is C20H21N7S2. The maximum absolute atomic E-state index is 6.25. The summed E-state index contributed by atoms with van der Waals surface area (Å²) in [6.45, 7) is 3.88. The third kappa shape index (κ3) is 3.85. The van der Waals surface area contributed by atoms with E-state index in [2.05, 4.69) is 38.9 Å². The first-order valence-electron chi connectivity index (χ1n) is 9.51. The SMILES string of the molecule is CC1(N)CCN(c2nc3nc(Sc4ccccc4-c4nccs4)cnc3[nH]2)CC1. The van der Waals surface area contributed by atoms with Gasteiger partial charge in [0.25, 0.3) is 0 Å². The summed E-state index contributed by atoms with van der Waals surface area (Å²) in [7, 11) is 0. The maximum atomic E-state index is 6.25. The predicted octanol–water partition coefficient (Wildman–Crippen LogP) is 3.95. The average molecular weight is 424 g/mol. The molecule has 1 aromatic carbocycles. The van der Waals surface area contributed by atoms with Crippen LogP contribution in [0.15, 0.2) is 52.0 Å². The van der Waals surface area contributed by atoms with E-state index in [1.54, 1.807) is 29.3 Å². The molecule has 0 atom stereocenters. The molecule has 1 saturated heterocycles. The van der Waals surface area contributed by atoms with Gasteiger partial charge in [0.05, 0.1) is 6.20 Å². The number of H-pyrrole nitrogens is 1. The highest BCUT2D eigenvalue weighted by Gasteiger charge is 2.27. The number of nitrogens with two attached hydrogens (primary N) is 1. The summed E-state index contributed by atoms with van der Waals surface area (Å²) in [6, 6.07) is 8.22.